The van der Waals surface area contributed by atoms with Gasteiger partial charge in [0.2, 0.25) is 0 Å². The van der Waals surface area contributed by atoms with Crippen LogP contribution in [0.1, 0.15) is 26.7 Å². The summed E-state index contributed by atoms with van der Waals surface area (Å²) in [5, 5.41) is 7.19. The molecule has 1 fully saturated rings. The molecule has 6 nitrogen and oxygen atoms in total. The predicted molar refractivity (Wildman–Crippen MR) is 105 cm³/mol. The maximum atomic E-state index is 11.2. The molecular weight excluding hydrogens is 334 g/mol. The van der Waals surface area contributed by atoms with E-state index in [4.69, 9.17) is 10.7 Å². The number of hydrogen-bond donors (Lipinski definition) is 3. The average Bonchev–Trinajstić information content (AvgIpc) is 2.61. The van der Waals surface area contributed by atoms with Crippen molar-refractivity contribution in [3.05, 3.63) is 30.3 Å². The van der Waals surface area contributed by atoms with Crippen LogP contribution in [0.4, 0.5) is 4.79 Å². The van der Waals surface area contributed by atoms with E-state index in [0.29, 0.717) is 24.4 Å². The molecule has 1 saturated heterocycles. The molecule has 1 heterocycles. The molecule has 7 heteroatoms. The van der Waals surface area contributed by atoms with Crippen molar-refractivity contribution in [2.45, 2.75) is 42.9 Å². The summed E-state index contributed by atoms with van der Waals surface area (Å²) in [6.45, 7) is 7.23. The van der Waals surface area contributed by atoms with Gasteiger partial charge in [-0.1, -0.05) is 25.1 Å². The third-order valence-corrected chi connectivity index (χ3v) is 5.17. The van der Waals surface area contributed by atoms with E-state index in [9.17, 15) is 4.79 Å². The molecule has 1 aromatic rings. The Morgan fingerprint density at radius 1 is 1.36 bits per heavy atom. The van der Waals surface area contributed by atoms with Gasteiger partial charge in [-0.05, 0) is 31.9 Å². The van der Waals surface area contributed by atoms with Crippen molar-refractivity contribution in [2.24, 2.45) is 10.7 Å². The van der Waals surface area contributed by atoms with E-state index in [0.717, 1.165) is 31.9 Å². The number of carbonyl (C=O) groups excluding carboxylic acids is 1. The van der Waals surface area contributed by atoms with Gasteiger partial charge in [0.15, 0.2) is 5.96 Å². The first-order valence-electron chi connectivity index (χ1n) is 8.89. The minimum Gasteiger partial charge on any atom is -0.357 e. The Balaban J connectivity index is 1.82. The fourth-order valence-corrected chi connectivity index (χ4v) is 3.67. The zero-order chi connectivity index (χ0) is 18.1. The SMILES string of the molecule is CCNC(=NCC(C)Sc1ccccc1)NC1CCN(C(N)=O)CC1. The zero-order valence-corrected chi connectivity index (χ0v) is 15.9. The summed E-state index contributed by atoms with van der Waals surface area (Å²) in [6.07, 6.45) is 1.78. The summed E-state index contributed by atoms with van der Waals surface area (Å²) >= 11 is 1.83. The molecule has 4 N–H and O–H groups in total. The summed E-state index contributed by atoms with van der Waals surface area (Å²) in [5.74, 6) is 0.848. The van der Waals surface area contributed by atoms with Crippen molar-refractivity contribution in [3.63, 3.8) is 0 Å². The number of guanidine groups is 1. The van der Waals surface area contributed by atoms with Crippen molar-refractivity contribution in [2.75, 3.05) is 26.2 Å². The third kappa shape index (κ3) is 6.86. The van der Waals surface area contributed by atoms with E-state index >= 15 is 0 Å². The average molecular weight is 364 g/mol. The maximum Gasteiger partial charge on any atom is 0.314 e. The van der Waals surface area contributed by atoms with Gasteiger partial charge in [0.05, 0.1) is 6.54 Å². The molecule has 138 valence electrons. The predicted octanol–water partition coefficient (Wildman–Crippen LogP) is 2.27. The second kappa shape index (κ2) is 10.2. The van der Waals surface area contributed by atoms with Gasteiger partial charge in [-0.25, -0.2) is 4.79 Å². The summed E-state index contributed by atoms with van der Waals surface area (Å²) in [6, 6.07) is 10.4. The normalized spacial score (nSPS) is 17.2. The number of likely N-dealkylation sites (tertiary alicyclic amines) is 1. The molecule has 0 radical (unpaired) electrons. The minimum absolute atomic E-state index is 0.325. The molecular formula is C18H29N5OS. The van der Waals surface area contributed by atoms with Gasteiger partial charge in [-0.15, -0.1) is 11.8 Å². The Labute approximate surface area is 154 Å². The number of nitrogens with one attached hydrogen (secondary N) is 2. The fourth-order valence-electron chi connectivity index (χ4n) is 2.75. The molecule has 0 spiro atoms. The van der Waals surface area contributed by atoms with Gasteiger partial charge in [0.25, 0.3) is 0 Å². The molecule has 25 heavy (non-hydrogen) atoms. The van der Waals surface area contributed by atoms with Crippen molar-refractivity contribution in [3.8, 4) is 0 Å². The van der Waals surface area contributed by atoms with Gasteiger partial charge in [-0.3, -0.25) is 4.99 Å². The Hall–Kier alpha value is -1.89. The van der Waals surface area contributed by atoms with Crippen LogP contribution in [0.15, 0.2) is 40.2 Å². The first-order chi connectivity index (χ1) is 12.1. The second-order valence-electron chi connectivity index (χ2n) is 6.21. The highest BCUT2D eigenvalue weighted by Gasteiger charge is 2.21. The number of piperidine rings is 1. The fraction of sp³-hybridized carbons (Fsp3) is 0.556. The molecule has 0 saturated carbocycles. The van der Waals surface area contributed by atoms with Crippen LogP contribution < -0.4 is 16.4 Å². The molecule has 1 aliphatic rings. The van der Waals surface area contributed by atoms with Crippen LogP contribution in [0, 0.1) is 0 Å². The number of nitrogens with zero attached hydrogens (tertiary/aromatic N) is 2. The van der Waals surface area contributed by atoms with Crippen molar-refractivity contribution >= 4 is 23.8 Å². The lowest BCUT2D eigenvalue weighted by Gasteiger charge is -2.32. The molecule has 1 aromatic carbocycles. The van der Waals surface area contributed by atoms with Crippen LogP contribution in [0.5, 0.6) is 0 Å². The number of hydrogen-bond acceptors (Lipinski definition) is 3. The minimum atomic E-state index is -0.328. The van der Waals surface area contributed by atoms with Crippen LogP contribution in [-0.2, 0) is 0 Å². The van der Waals surface area contributed by atoms with Crippen LogP contribution in [-0.4, -0.2) is 54.4 Å². The number of amides is 2. The lowest BCUT2D eigenvalue weighted by Crippen LogP contribution is -2.50. The number of urea groups is 1. The summed E-state index contributed by atoms with van der Waals surface area (Å²) < 4.78 is 0. The highest BCUT2D eigenvalue weighted by Crippen LogP contribution is 2.22. The van der Waals surface area contributed by atoms with Gasteiger partial charge >= 0.3 is 6.03 Å². The molecule has 1 atom stereocenters. The summed E-state index contributed by atoms with van der Waals surface area (Å²) in [4.78, 5) is 18.9. The van der Waals surface area contributed by atoms with E-state index in [-0.39, 0.29) is 6.03 Å². The van der Waals surface area contributed by atoms with Gasteiger partial charge in [0, 0.05) is 35.8 Å². The maximum absolute atomic E-state index is 11.2. The van der Waals surface area contributed by atoms with E-state index < -0.39 is 0 Å². The number of rotatable bonds is 6. The second-order valence-corrected chi connectivity index (χ2v) is 7.72. The topological polar surface area (TPSA) is 82.8 Å². The van der Waals surface area contributed by atoms with E-state index in [2.05, 4.69) is 48.7 Å². The van der Waals surface area contributed by atoms with Crippen LogP contribution >= 0.6 is 11.8 Å². The molecule has 0 aliphatic carbocycles. The van der Waals surface area contributed by atoms with Crippen LogP contribution in [0.2, 0.25) is 0 Å². The number of aliphatic imine (C=N–C) groups is 1. The monoisotopic (exact) mass is 363 g/mol. The van der Waals surface area contributed by atoms with Gasteiger partial charge in [0.1, 0.15) is 0 Å². The molecule has 2 amide bonds. The number of nitrogens with two attached hydrogens (primary N) is 1. The largest absolute Gasteiger partial charge is 0.357 e. The highest BCUT2D eigenvalue weighted by atomic mass is 32.2. The van der Waals surface area contributed by atoms with Crippen molar-refractivity contribution < 1.29 is 4.79 Å². The summed E-state index contributed by atoms with van der Waals surface area (Å²) in [7, 11) is 0. The lowest BCUT2D eigenvalue weighted by molar-refractivity contribution is 0.188. The first-order valence-corrected chi connectivity index (χ1v) is 9.77. The standard InChI is InChI=1S/C18H29N5OS/c1-3-20-18(22-15-9-11-23(12-10-15)17(19)24)21-13-14(2)25-16-7-5-4-6-8-16/h4-8,14-15H,3,9-13H2,1-2H3,(H2,19,24)(H2,20,21,22). The quantitative estimate of drug-likeness (QED) is 0.411. The van der Waals surface area contributed by atoms with Crippen LogP contribution in [0.3, 0.4) is 0 Å². The van der Waals surface area contributed by atoms with Gasteiger partial charge in [-0.2, -0.15) is 0 Å². The first kappa shape index (κ1) is 19.4. The zero-order valence-electron chi connectivity index (χ0n) is 15.1. The molecule has 1 aliphatic heterocycles. The Bertz CT molecular complexity index is 558. The number of benzene rings is 1. The molecule has 2 rings (SSSR count). The van der Waals surface area contributed by atoms with Crippen LogP contribution in [0.25, 0.3) is 0 Å². The summed E-state index contributed by atoms with van der Waals surface area (Å²) in [5.41, 5.74) is 5.33. The Morgan fingerprint density at radius 3 is 2.64 bits per heavy atom. The van der Waals surface area contributed by atoms with Crippen molar-refractivity contribution in [1.29, 1.82) is 0 Å². The van der Waals surface area contributed by atoms with Crippen molar-refractivity contribution in [1.82, 2.24) is 15.5 Å². The third-order valence-electron chi connectivity index (χ3n) is 4.08. The highest BCUT2D eigenvalue weighted by molar-refractivity contribution is 8.00. The smallest absolute Gasteiger partial charge is 0.314 e. The van der Waals surface area contributed by atoms with E-state index in [1.807, 2.05) is 17.8 Å². The van der Waals surface area contributed by atoms with E-state index in [1.165, 1.54) is 4.90 Å². The number of carbonyl (C=O) groups is 1. The molecule has 1 unspecified atom stereocenters. The molecule has 0 bridgehead atoms. The Kier molecular flexibility index (Phi) is 7.91. The molecule has 0 aromatic heterocycles. The van der Waals surface area contributed by atoms with Gasteiger partial charge < -0.3 is 21.3 Å². The van der Waals surface area contributed by atoms with E-state index in [1.54, 1.807) is 4.90 Å². The number of thioether (sulfide) groups is 1. The lowest BCUT2D eigenvalue weighted by atomic mass is 10.1. The Morgan fingerprint density at radius 2 is 2.04 bits per heavy atom. The number of primary amides is 1.